The van der Waals surface area contributed by atoms with Crippen molar-refractivity contribution in [2.45, 2.75) is 6.92 Å². The lowest BCUT2D eigenvalue weighted by atomic mass is 10.2. The minimum Gasteiger partial charge on any atom is -0.495 e. The fourth-order valence-electron chi connectivity index (χ4n) is 1.23. The third kappa shape index (κ3) is 1.94. The quantitative estimate of drug-likeness (QED) is 0.797. The van der Waals surface area contributed by atoms with Crippen molar-refractivity contribution in [3.05, 3.63) is 29.0 Å². The largest absolute Gasteiger partial charge is 0.495 e. The normalized spacial score (nSPS) is 10.2. The van der Waals surface area contributed by atoms with Crippen LogP contribution in [-0.2, 0) is 0 Å². The van der Waals surface area contributed by atoms with E-state index in [1.54, 1.807) is 26.2 Å². The maximum Gasteiger partial charge on any atom is 0.205 e. The molecule has 0 unspecified atom stereocenters. The van der Waals surface area contributed by atoms with Crippen LogP contribution in [0, 0.1) is 6.92 Å². The van der Waals surface area contributed by atoms with Crippen LogP contribution in [0.4, 0.5) is 0 Å². The van der Waals surface area contributed by atoms with Crippen molar-refractivity contribution in [3.8, 4) is 17.1 Å². The average Bonchev–Trinajstić information content (AvgIpc) is 2.31. The highest BCUT2D eigenvalue weighted by Gasteiger charge is 2.11. The fourth-order valence-corrected chi connectivity index (χ4v) is 1.52. The predicted molar refractivity (Wildman–Crippen MR) is 59.4 cm³/mol. The molecule has 0 aliphatic rings. The lowest BCUT2D eigenvalue weighted by Gasteiger charge is -2.06. The minimum atomic E-state index is 0.384. The van der Waals surface area contributed by atoms with Crippen molar-refractivity contribution in [1.29, 1.82) is 0 Å². The summed E-state index contributed by atoms with van der Waals surface area (Å²) in [6.07, 6.45) is 0. The smallest absolute Gasteiger partial charge is 0.205 e. The average molecular weight is 237 g/mol. The summed E-state index contributed by atoms with van der Waals surface area (Å²) in [6.45, 7) is 1.72. The molecule has 2 rings (SSSR count). The summed E-state index contributed by atoms with van der Waals surface area (Å²) in [4.78, 5) is 0. The van der Waals surface area contributed by atoms with Crippen molar-refractivity contribution in [2.24, 2.45) is 0 Å². The van der Waals surface area contributed by atoms with Gasteiger partial charge in [0, 0.05) is 5.56 Å². The van der Waals surface area contributed by atoms with E-state index in [9.17, 15) is 0 Å². The highest BCUT2D eigenvalue weighted by atomic mass is 35.5. The van der Waals surface area contributed by atoms with Gasteiger partial charge in [-0.15, -0.1) is 20.4 Å². The maximum absolute atomic E-state index is 6.12. The van der Waals surface area contributed by atoms with Crippen LogP contribution in [0.25, 0.3) is 11.4 Å². The summed E-state index contributed by atoms with van der Waals surface area (Å²) in [5.74, 6) is 1.47. The standard InChI is InChI=1S/C10H9ClN4O/c1-6-12-14-10(15-13-6)7-4-3-5-8(16-2)9(7)11/h3-5H,1-2H3. The molecule has 2 aromatic rings. The van der Waals surface area contributed by atoms with Crippen LogP contribution in [0.2, 0.25) is 5.02 Å². The molecule has 1 heterocycles. The van der Waals surface area contributed by atoms with Crippen LogP contribution in [0.5, 0.6) is 5.75 Å². The summed E-state index contributed by atoms with van der Waals surface area (Å²) in [5.41, 5.74) is 0.654. The van der Waals surface area contributed by atoms with E-state index in [-0.39, 0.29) is 0 Å². The summed E-state index contributed by atoms with van der Waals surface area (Å²) < 4.78 is 5.10. The van der Waals surface area contributed by atoms with Gasteiger partial charge in [-0.1, -0.05) is 17.7 Å². The number of benzene rings is 1. The van der Waals surface area contributed by atoms with E-state index in [2.05, 4.69) is 20.4 Å². The SMILES string of the molecule is COc1cccc(-c2nnc(C)nn2)c1Cl. The second-order valence-corrected chi connectivity index (χ2v) is 3.47. The Balaban J connectivity index is 2.51. The van der Waals surface area contributed by atoms with Crippen LogP contribution >= 0.6 is 11.6 Å². The number of nitrogens with zero attached hydrogens (tertiary/aromatic N) is 4. The Kier molecular flexibility index (Phi) is 2.96. The summed E-state index contributed by atoms with van der Waals surface area (Å²) in [7, 11) is 1.55. The molecular formula is C10H9ClN4O. The summed E-state index contributed by atoms with van der Waals surface area (Å²) >= 11 is 6.12. The lowest BCUT2D eigenvalue weighted by Crippen LogP contribution is -1.99. The zero-order chi connectivity index (χ0) is 11.5. The number of halogens is 1. The summed E-state index contributed by atoms with van der Waals surface area (Å²) in [6, 6.07) is 5.36. The number of aryl methyl sites for hydroxylation is 1. The Morgan fingerprint density at radius 2 is 1.81 bits per heavy atom. The number of hydrogen-bond acceptors (Lipinski definition) is 5. The molecule has 16 heavy (non-hydrogen) atoms. The van der Waals surface area contributed by atoms with Gasteiger partial charge >= 0.3 is 0 Å². The van der Waals surface area contributed by atoms with Crippen molar-refractivity contribution in [1.82, 2.24) is 20.4 Å². The van der Waals surface area contributed by atoms with E-state index in [1.807, 2.05) is 6.07 Å². The molecule has 1 aromatic heterocycles. The molecule has 0 amide bonds. The molecule has 1 aromatic carbocycles. The number of ether oxygens (including phenoxy) is 1. The van der Waals surface area contributed by atoms with Gasteiger partial charge in [0.25, 0.3) is 0 Å². The molecule has 0 radical (unpaired) electrons. The molecule has 0 fully saturated rings. The Hall–Kier alpha value is -1.75. The number of methoxy groups -OCH3 is 1. The maximum atomic E-state index is 6.12. The first-order valence-corrected chi connectivity index (χ1v) is 4.97. The molecule has 0 aliphatic carbocycles. The van der Waals surface area contributed by atoms with Crippen LogP contribution in [0.1, 0.15) is 5.82 Å². The highest BCUT2D eigenvalue weighted by molar-refractivity contribution is 6.34. The Morgan fingerprint density at radius 3 is 2.44 bits per heavy atom. The predicted octanol–water partition coefficient (Wildman–Crippen LogP) is 1.90. The van der Waals surface area contributed by atoms with Gasteiger partial charge in [-0.3, -0.25) is 0 Å². The number of aromatic nitrogens is 4. The molecule has 0 spiro atoms. The lowest BCUT2D eigenvalue weighted by molar-refractivity contribution is 0.415. The minimum absolute atomic E-state index is 0.384. The van der Waals surface area contributed by atoms with Gasteiger partial charge in [-0.2, -0.15) is 0 Å². The Bertz CT molecular complexity index is 501. The van der Waals surface area contributed by atoms with Gasteiger partial charge in [0.05, 0.1) is 12.1 Å². The first-order chi connectivity index (χ1) is 7.72. The van der Waals surface area contributed by atoms with Gasteiger partial charge in [-0.05, 0) is 19.1 Å². The van der Waals surface area contributed by atoms with E-state index < -0.39 is 0 Å². The second kappa shape index (κ2) is 4.40. The Labute approximate surface area is 97.5 Å². The zero-order valence-corrected chi connectivity index (χ0v) is 9.56. The van der Waals surface area contributed by atoms with Crippen molar-refractivity contribution < 1.29 is 4.74 Å². The van der Waals surface area contributed by atoms with Crippen molar-refractivity contribution in [2.75, 3.05) is 7.11 Å². The highest BCUT2D eigenvalue weighted by Crippen LogP contribution is 2.32. The fraction of sp³-hybridized carbons (Fsp3) is 0.200. The van der Waals surface area contributed by atoms with Crippen molar-refractivity contribution in [3.63, 3.8) is 0 Å². The van der Waals surface area contributed by atoms with Gasteiger partial charge < -0.3 is 4.74 Å². The van der Waals surface area contributed by atoms with E-state index in [0.29, 0.717) is 28.0 Å². The second-order valence-electron chi connectivity index (χ2n) is 3.09. The van der Waals surface area contributed by atoms with Gasteiger partial charge in [-0.25, -0.2) is 0 Å². The topological polar surface area (TPSA) is 60.8 Å². The van der Waals surface area contributed by atoms with Crippen molar-refractivity contribution >= 4 is 11.6 Å². The first kappa shape index (κ1) is 10.8. The number of rotatable bonds is 2. The third-order valence-electron chi connectivity index (χ3n) is 2.00. The molecule has 0 saturated carbocycles. The molecule has 0 bridgehead atoms. The first-order valence-electron chi connectivity index (χ1n) is 4.59. The van der Waals surface area contributed by atoms with Gasteiger partial charge in [0.1, 0.15) is 5.75 Å². The molecule has 0 atom stereocenters. The molecule has 0 N–H and O–H groups in total. The van der Waals surface area contributed by atoms with Crippen LogP contribution < -0.4 is 4.74 Å². The third-order valence-corrected chi connectivity index (χ3v) is 2.39. The molecule has 5 nitrogen and oxygen atoms in total. The monoisotopic (exact) mass is 236 g/mol. The molecule has 0 aliphatic heterocycles. The van der Waals surface area contributed by atoms with Gasteiger partial charge in [0.15, 0.2) is 5.82 Å². The van der Waals surface area contributed by atoms with E-state index in [1.165, 1.54) is 0 Å². The van der Waals surface area contributed by atoms with Gasteiger partial charge in [0.2, 0.25) is 5.82 Å². The van der Waals surface area contributed by atoms with Crippen LogP contribution in [0.3, 0.4) is 0 Å². The molecule has 0 saturated heterocycles. The molecular weight excluding hydrogens is 228 g/mol. The Morgan fingerprint density at radius 1 is 1.12 bits per heavy atom. The van der Waals surface area contributed by atoms with Crippen LogP contribution in [0.15, 0.2) is 18.2 Å². The molecule has 82 valence electrons. The zero-order valence-electron chi connectivity index (χ0n) is 8.81. The van der Waals surface area contributed by atoms with E-state index in [0.717, 1.165) is 0 Å². The number of hydrogen-bond donors (Lipinski definition) is 0. The summed E-state index contributed by atoms with van der Waals surface area (Å²) in [5, 5.41) is 16.0. The van der Waals surface area contributed by atoms with Crippen LogP contribution in [-0.4, -0.2) is 27.5 Å². The van der Waals surface area contributed by atoms with E-state index >= 15 is 0 Å². The molecule has 6 heteroatoms. The van der Waals surface area contributed by atoms with E-state index in [4.69, 9.17) is 16.3 Å².